The first-order chi connectivity index (χ1) is 25.9. The van der Waals surface area contributed by atoms with Crippen LogP contribution in [-0.2, 0) is 23.7 Å². The molecule has 2 aromatic heterocycles. The molecule has 0 aliphatic carbocycles. The Bertz CT molecular complexity index is 2200. The Labute approximate surface area is 302 Å². The van der Waals surface area contributed by atoms with Crippen molar-refractivity contribution in [2.45, 2.75) is 24.5 Å². The SMILES string of the molecule is O=C(COc1ccccc1)Nc1ncc2ncn([C@@H]3O[C@H](COC(=O)c4ccccc4)[C@@H](OC(=O)c4ccccc4)[C@H]3OC(=O)c3ccccc3)c2n1. The molecule has 1 aliphatic heterocycles. The monoisotopic (exact) mass is 713 g/mol. The first kappa shape index (κ1) is 34.5. The van der Waals surface area contributed by atoms with E-state index in [9.17, 15) is 19.2 Å². The lowest BCUT2D eigenvalue weighted by Crippen LogP contribution is -2.41. The van der Waals surface area contributed by atoms with Crippen molar-refractivity contribution in [1.29, 1.82) is 0 Å². The molecule has 1 aliphatic rings. The van der Waals surface area contributed by atoms with Crippen LogP contribution in [0, 0.1) is 0 Å². The third kappa shape index (κ3) is 8.18. The van der Waals surface area contributed by atoms with Crippen molar-refractivity contribution in [3.05, 3.63) is 151 Å². The molecule has 14 heteroatoms. The van der Waals surface area contributed by atoms with Crippen LogP contribution in [0.5, 0.6) is 5.75 Å². The molecule has 0 saturated carbocycles. The number of carbonyl (C=O) groups excluding carboxylic acids is 4. The van der Waals surface area contributed by atoms with E-state index < -0.39 is 48.4 Å². The first-order valence-electron chi connectivity index (χ1n) is 16.5. The van der Waals surface area contributed by atoms with Gasteiger partial charge in [-0.3, -0.25) is 14.7 Å². The van der Waals surface area contributed by atoms with E-state index in [1.807, 2.05) is 6.07 Å². The van der Waals surface area contributed by atoms with Crippen molar-refractivity contribution < 1.29 is 42.9 Å². The van der Waals surface area contributed by atoms with Crippen molar-refractivity contribution in [3.63, 3.8) is 0 Å². The second-order valence-corrected chi connectivity index (χ2v) is 11.7. The number of fused-ring (bicyclic) bond motifs is 1. The number of ether oxygens (including phenoxy) is 5. The van der Waals surface area contributed by atoms with Gasteiger partial charge >= 0.3 is 17.9 Å². The van der Waals surface area contributed by atoms with E-state index in [0.29, 0.717) is 16.8 Å². The Morgan fingerprint density at radius 3 is 1.83 bits per heavy atom. The van der Waals surface area contributed by atoms with Gasteiger partial charge in [0, 0.05) is 0 Å². The van der Waals surface area contributed by atoms with Gasteiger partial charge in [0.25, 0.3) is 5.91 Å². The average Bonchev–Trinajstić information content (AvgIpc) is 3.77. The lowest BCUT2D eigenvalue weighted by atomic mass is 10.1. The second kappa shape index (κ2) is 16.0. The van der Waals surface area contributed by atoms with E-state index in [-0.39, 0.29) is 35.9 Å². The zero-order valence-corrected chi connectivity index (χ0v) is 27.9. The van der Waals surface area contributed by atoms with E-state index >= 15 is 0 Å². The summed E-state index contributed by atoms with van der Waals surface area (Å²) in [6.45, 7) is -0.674. The van der Waals surface area contributed by atoms with Crippen LogP contribution in [0.1, 0.15) is 37.3 Å². The number of nitrogens with one attached hydrogen (secondary N) is 1. The maximum absolute atomic E-state index is 13.6. The topological polar surface area (TPSA) is 170 Å². The van der Waals surface area contributed by atoms with Crippen LogP contribution in [0.25, 0.3) is 11.2 Å². The molecule has 1 N–H and O–H groups in total. The molecule has 4 aromatic carbocycles. The molecule has 3 heterocycles. The van der Waals surface area contributed by atoms with Crippen molar-refractivity contribution >= 4 is 40.9 Å². The maximum Gasteiger partial charge on any atom is 0.338 e. The van der Waals surface area contributed by atoms with Gasteiger partial charge in [-0.15, -0.1) is 0 Å². The number of hydrogen-bond acceptors (Lipinski definition) is 12. The third-order valence-corrected chi connectivity index (χ3v) is 8.13. The summed E-state index contributed by atoms with van der Waals surface area (Å²) in [5, 5.41) is 2.61. The summed E-state index contributed by atoms with van der Waals surface area (Å²) in [4.78, 5) is 65.9. The number of nitrogens with zero attached hydrogens (tertiary/aromatic N) is 4. The number of aromatic nitrogens is 4. The Hall–Kier alpha value is -6.93. The molecule has 4 atom stereocenters. The summed E-state index contributed by atoms with van der Waals surface area (Å²) in [6, 6.07) is 33.7. The highest BCUT2D eigenvalue weighted by Crippen LogP contribution is 2.37. The van der Waals surface area contributed by atoms with Gasteiger partial charge in [0.15, 0.2) is 30.7 Å². The second-order valence-electron chi connectivity index (χ2n) is 11.7. The number of rotatable bonds is 12. The minimum Gasteiger partial charge on any atom is -0.484 e. The van der Waals surface area contributed by atoms with E-state index in [2.05, 4.69) is 20.3 Å². The number of imidazole rings is 1. The molecule has 1 saturated heterocycles. The van der Waals surface area contributed by atoms with E-state index in [1.165, 1.54) is 17.1 Å². The third-order valence-electron chi connectivity index (χ3n) is 8.13. The smallest absolute Gasteiger partial charge is 0.338 e. The van der Waals surface area contributed by atoms with Gasteiger partial charge in [-0.2, -0.15) is 4.98 Å². The summed E-state index contributed by atoms with van der Waals surface area (Å²) >= 11 is 0. The maximum atomic E-state index is 13.6. The predicted molar refractivity (Wildman–Crippen MR) is 188 cm³/mol. The van der Waals surface area contributed by atoms with E-state index in [0.717, 1.165) is 0 Å². The fraction of sp³-hybridized carbons (Fsp3) is 0.154. The number of carbonyl (C=O) groups is 4. The van der Waals surface area contributed by atoms with E-state index in [4.69, 9.17) is 23.7 Å². The predicted octanol–water partition coefficient (Wildman–Crippen LogP) is 5.05. The molecule has 7 rings (SSSR count). The number of benzene rings is 4. The highest BCUT2D eigenvalue weighted by molar-refractivity contribution is 5.92. The summed E-state index contributed by atoms with van der Waals surface area (Å²) in [5.41, 5.74) is 1.28. The quantitative estimate of drug-likeness (QED) is 0.133. The molecule has 53 heavy (non-hydrogen) atoms. The zero-order chi connectivity index (χ0) is 36.6. The Morgan fingerprint density at radius 2 is 1.23 bits per heavy atom. The number of para-hydroxylation sites is 1. The van der Waals surface area contributed by atoms with Crippen LogP contribution in [0.15, 0.2) is 134 Å². The van der Waals surface area contributed by atoms with Crippen molar-refractivity contribution in [3.8, 4) is 5.75 Å². The molecular formula is C39H31N5O9. The number of amides is 1. The fourth-order valence-electron chi connectivity index (χ4n) is 5.58. The molecule has 6 aromatic rings. The van der Waals surface area contributed by atoms with Gasteiger partial charge in [-0.05, 0) is 48.5 Å². The molecule has 14 nitrogen and oxygen atoms in total. The van der Waals surface area contributed by atoms with Crippen molar-refractivity contribution in [2.24, 2.45) is 0 Å². The summed E-state index contributed by atoms with van der Waals surface area (Å²) in [5.74, 6) is -2.15. The van der Waals surface area contributed by atoms with Gasteiger partial charge in [-0.1, -0.05) is 72.8 Å². The number of esters is 3. The van der Waals surface area contributed by atoms with Crippen LogP contribution in [0.4, 0.5) is 5.95 Å². The van der Waals surface area contributed by atoms with Crippen LogP contribution >= 0.6 is 0 Å². The van der Waals surface area contributed by atoms with E-state index in [1.54, 1.807) is 115 Å². The highest BCUT2D eigenvalue weighted by atomic mass is 16.7. The first-order valence-corrected chi connectivity index (χ1v) is 16.5. The standard InChI is InChI=1S/C39H31N5O9/c45-31(23-49-28-19-11-4-12-20-28)42-39-40-21-29-34(43-39)44(24-41-29)35-33(53-38(48)27-17-9-3-10-18-27)32(52-37(47)26-15-7-2-8-16-26)30(51-35)22-50-36(46)25-13-5-1-6-14-25/h1-21,24,30,32-33,35H,22-23H2,(H,40,42,43,45)/t30-,32-,33-,35-/m1/s1. The lowest BCUT2D eigenvalue weighted by molar-refractivity contribution is -0.118. The lowest BCUT2D eigenvalue weighted by Gasteiger charge is -2.25. The summed E-state index contributed by atoms with van der Waals surface area (Å²) in [6.07, 6.45) is -2.12. The summed E-state index contributed by atoms with van der Waals surface area (Å²) in [7, 11) is 0. The van der Waals surface area contributed by atoms with Gasteiger partial charge in [0.1, 0.15) is 24.0 Å². The van der Waals surface area contributed by atoms with Crippen LogP contribution < -0.4 is 10.1 Å². The molecule has 0 radical (unpaired) electrons. The normalized spacial score (nSPS) is 17.8. The Kier molecular flexibility index (Phi) is 10.4. The molecular weight excluding hydrogens is 682 g/mol. The van der Waals surface area contributed by atoms with Gasteiger partial charge < -0.3 is 23.7 Å². The molecule has 0 spiro atoms. The Morgan fingerprint density at radius 1 is 0.679 bits per heavy atom. The average molecular weight is 714 g/mol. The zero-order valence-electron chi connectivity index (χ0n) is 27.9. The molecule has 1 amide bonds. The molecule has 0 unspecified atom stereocenters. The van der Waals surface area contributed by atoms with Gasteiger partial charge in [-0.25, -0.2) is 24.4 Å². The van der Waals surface area contributed by atoms with Crippen LogP contribution in [0.2, 0.25) is 0 Å². The van der Waals surface area contributed by atoms with Crippen molar-refractivity contribution in [1.82, 2.24) is 19.5 Å². The fourth-order valence-corrected chi connectivity index (χ4v) is 5.58. The molecule has 0 bridgehead atoms. The Balaban J connectivity index is 1.20. The van der Waals surface area contributed by atoms with Gasteiger partial charge in [0.2, 0.25) is 5.95 Å². The summed E-state index contributed by atoms with van der Waals surface area (Å²) < 4.78 is 31.1. The molecule has 266 valence electrons. The molecule has 1 fully saturated rings. The minimum absolute atomic E-state index is 0.0582. The van der Waals surface area contributed by atoms with Crippen LogP contribution in [0.3, 0.4) is 0 Å². The number of anilines is 1. The highest BCUT2D eigenvalue weighted by Gasteiger charge is 2.52. The van der Waals surface area contributed by atoms with Crippen molar-refractivity contribution in [2.75, 3.05) is 18.5 Å². The van der Waals surface area contributed by atoms with Gasteiger partial charge in [0.05, 0.1) is 29.2 Å². The minimum atomic E-state index is -1.31. The van der Waals surface area contributed by atoms with Crippen LogP contribution in [-0.4, -0.2) is 74.9 Å². The number of hydrogen-bond donors (Lipinski definition) is 1. The largest absolute Gasteiger partial charge is 0.484 e.